The minimum atomic E-state index is -0.188. The molecule has 1 aliphatic rings. The minimum absolute atomic E-state index is 0.0747. The van der Waals surface area contributed by atoms with E-state index < -0.39 is 0 Å². The third kappa shape index (κ3) is 2.72. The molecule has 3 rings (SSSR count). The average Bonchev–Trinajstić information content (AvgIpc) is 2.86. The van der Waals surface area contributed by atoms with Gasteiger partial charge in [-0.3, -0.25) is 4.79 Å². The summed E-state index contributed by atoms with van der Waals surface area (Å²) in [5.41, 5.74) is 5.89. The number of anilines is 1. The minimum Gasteiger partial charge on any atom is -0.487 e. The lowest BCUT2D eigenvalue weighted by atomic mass is 9.92. The van der Waals surface area contributed by atoms with Crippen LogP contribution in [0.4, 0.5) is 5.69 Å². The summed E-state index contributed by atoms with van der Waals surface area (Å²) >= 11 is 0. The fourth-order valence-corrected chi connectivity index (χ4v) is 3.24. The highest BCUT2D eigenvalue weighted by Gasteiger charge is 2.34. The van der Waals surface area contributed by atoms with Crippen LogP contribution in [0.3, 0.4) is 0 Å². The van der Waals surface area contributed by atoms with E-state index in [0.717, 1.165) is 34.5 Å². The molecule has 0 saturated heterocycles. The Morgan fingerprint density at radius 2 is 1.70 bits per heavy atom. The van der Waals surface area contributed by atoms with Crippen molar-refractivity contribution in [1.82, 2.24) is 0 Å². The number of rotatable bonds is 2. The molecular formula is C20H23NO2. The molecular weight excluding hydrogens is 286 g/mol. The smallest absolute Gasteiger partial charge is 0.255 e. The van der Waals surface area contributed by atoms with Gasteiger partial charge in [-0.25, -0.2) is 0 Å². The lowest BCUT2D eigenvalue weighted by Crippen LogP contribution is -2.24. The Balaban J connectivity index is 2.02. The van der Waals surface area contributed by atoms with Gasteiger partial charge in [-0.05, 0) is 63.4 Å². The van der Waals surface area contributed by atoms with Crippen molar-refractivity contribution in [2.75, 3.05) is 5.32 Å². The van der Waals surface area contributed by atoms with Gasteiger partial charge in [-0.1, -0.05) is 18.2 Å². The molecule has 1 heterocycles. The van der Waals surface area contributed by atoms with Crippen molar-refractivity contribution < 1.29 is 9.53 Å². The molecule has 0 spiro atoms. The zero-order valence-electron chi connectivity index (χ0n) is 14.4. The zero-order chi connectivity index (χ0) is 16.8. The highest BCUT2D eigenvalue weighted by Crippen LogP contribution is 2.44. The predicted molar refractivity (Wildman–Crippen MR) is 93.5 cm³/mol. The Morgan fingerprint density at radius 3 is 2.35 bits per heavy atom. The standard InChI is InChI=1S/C20H23NO2/c1-12-13(2)18-16(11-20(4,5)23-18)14(3)17(12)21-19(22)15-9-7-6-8-10-15/h6-10H,11H2,1-5H3,(H,21,22). The molecule has 1 amide bonds. The Morgan fingerprint density at radius 1 is 1.04 bits per heavy atom. The molecule has 2 aromatic carbocycles. The van der Waals surface area contributed by atoms with Crippen LogP contribution in [-0.2, 0) is 6.42 Å². The third-order valence-corrected chi connectivity index (χ3v) is 4.64. The molecule has 0 saturated carbocycles. The molecule has 0 aromatic heterocycles. The predicted octanol–water partition coefficient (Wildman–Crippen LogP) is 4.58. The average molecular weight is 309 g/mol. The third-order valence-electron chi connectivity index (χ3n) is 4.64. The molecule has 2 aromatic rings. The monoisotopic (exact) mass is 309 g/mol. The largest absolute Gasteiger partial charge is 0.487 e. The normalized spacial score (nSPS) is 15.0. The molecule has 120 valence electrons. The van der Waals surface area contributed by atoms with E-state index in [1.807, 2.05) is 37.3 Å². The molecule has 0 radical (unpaired) electrons. The van der Waals surface area contributed by atoms with Crippen LogP contribution >= 0.6 is 0 Å². The number of hydrogen-bond acceptors (Lipinski definition) is 2. The van der Waals surface area contributed by atoms with Gasteiger partial charge in [0.1, 0.15) is 11.4 Å². The van der Waals surface area contributed by atoms with Crippen molar-refractivity contribution in [2.24, 2.45) is 0 Å². The van der Waals surface area contributed by atoms with Crippen molar-refractivity contribution >= 4 is 11.6 Å². The second-order valence-corrected chi connectivity index (χ2v) is 6.92. The van der Waals surface area contributed by atoms with Crippen LogP contribution in [0.15, 0.2) is 30.3 Å². The number of benzene rings is 2. The molecule has 1 N–H and O–H groups in total. The molecule has 3 heteroatoms. The van der Waals surface area contributed by atoms with E-state index in [1.165, 1.54) is 5.56 Å². The van der Waals surface area contributed by atoms with E-state index >= 15 is 0 Å². The van der Waals surface area contributed by atoms with Gasteiger partial charge < -0.3 is 10.1 Å². The quantitative estimate of drug-likeness (QED) is 0.882. The molecule has 0 atom stereocenters. The van der Waals surface area contributed by atoms with Crippen molar-refractivity contribution in [1.29, 1.82) is 0 Å². The maximum atomic E-state index is 12.5. The van der Waals surface area contributed by atoms with Gasteiger partial charge in [0.05, 0.1) is 0 Å². The first-order valence-corrected chi connectivity index (χ1v) is 7.98. The number of fused-ring (bicyclic) bond motifs is 1. The highest BCUT2D eigenvalue weighted by atomic mass is 16.5. The highest BCUT2D eigenvalue weighted by molar-refractivity contribution is 6.05. The summed E-state index contributed by atoms with van der Waals surface area (Å²) in [6.45, 7) is 10.4. The van der Waals surface area contributed by atoms with Crippen LogP contribution in [0.2, 0.25) is 0 Å². The molecule has 3 nitrogen and oxygen atoms in total. The van der Waals surface area contributed by atoms with Crippen molar-refractivity contribution in [3.8, 4) is 5.75 Å². The van der Waals surface area contributed by atoms with Gasteiger partial charge in [-0.15, -0.1) is 0 Å². The zero-order valence-corrected chi connectivity index (χ0v) is 14.4. The van der Waals surface area contributed by atoms with E-state index in [2.05, 4.69) is 33.0 Å². The maximum absolute atomic E-state index is 12.5. The summed E-state index contributed by atoms with van der Waals surface area (Å²) in [6, 6.07) is 9.31. The Bertz CT molecular complexity index is 776. The second-order valence-electron chi connectivity index (χ2n) is 6.92. The number of ether oxygens (including phenoxy) is 1. The summed E-state index contributed by atoms with van der Waals surface area (Å²) in [6.07, 6.45) is 0.865. The summed E-state index contributed by atoms with van der Waals surface area (Å²) < 4.78 is 6.12. The maximum Gasteiger partial charge on any atom is 0.255 e. The van der Waals surface area contributed by atoms with Gasteiger partial charge in [0, 0.05) is 23.2 Å². The van der Waals surface area contributed by atoms with Gasteiger partial charge in [0.15, 0.2) is 0 Å². The first kappa shape index (κ1) is 15.6. The number of carbonyl (C=O) groups is 1. The molecule has 0 unspecified atom stereocenters. The fraction of sp³-hybridized carbons (Fsp3) is 0.350. The van der Waals surface area contributed by atoms with E-state index in [4.69, 9.17) is 4.74 Å². The van der Waals surface area contributed by atoms with E-state index in [0.29, 0.717) is 5.56 Å². The van der Waals surface area contributed by atoms with Crippen molar-refractivity contribution in [2.45, 2.75) is 46.6 Å². The van der Waals surface area contributed by atoms with E-state index in [9.17, 15) is 4.79 Å². The van der Waals surface area contributed by atoms with Crippen molar-refractivity contribution in [3.63, 3.8) is 0 Å². The van der Waals surface area contributed by atoms with Gasteiger partial charge in [-0.2, -0.15) is 0 Å². The lowest BCUT2D eigenvalue weighted by Gasteiger charge is -2.19. The first-order valence-electron chi connectivity index (χ1n) is 7.98. The van der Waals surface area contributed by atoms with Gasteiger partial charge in [0.2, 0.25) is 0 Å². The summed E-state index contributed by atoms with van der Waals surface area (Å²) in [5.74, 6) is 0.914. The van der Waals surface area contributed by atoms with Crippen LogP contribution in [0.25, 0.3) is 0 Å². The molecule has 1 aliphatic heterocycles. The SMILES string of the molecule is Cc1c(C)c2c(c(C)c1NC(=O)c1ccccc1)CC(C)(C)O2. The van der Waals surface area contributed by atoms with E-state index in [-0.39, 0.29) is 11.5 Å². The number of carbonyl (C=O) groups excluding carboxylic acids is 1. The van der Waals surface area contributed by atoms with Gasteiger partial charge >= 0.3 is 0 Å². The molecule has 23 heavy (non-hydrogen) atoms. The Labute approximate surface area is 137 Å². The summed E-state index contributed by atoms with van der Waals surface area (Å²) in [4.78, 5) is 12.5. The van der Waals surface area contributed by atoms with Gasteiger partial charge in [0.25, 0.3) is 5.91 Å². The molecule has 0 bridgehead atoms. The van der Waals surface area contributed by atoms with Crippen molar-refractivity contribution in [3.05, 3.63) is 58.1 Å². The Kier molecular flexibility index (Phi) is 3.67. The first-order chi connectivity index (χ1) is 10.8. The van der Waals surface area contributed by atoms with Crippen LogP contribution in [0.5, 0.6) is 5.75 Å². The number of amides is 1. The van der Waals surface area contributed by atoms with E-state index in [1.54, 1.807) is 0 Å². The van der Waals surface area contributed by atoms with Crippen LogP contribution < -0.4 is 10.1 Å². The second kappa shape index (κ2) is 5.41. The topological polar surface area (TPSA) is 38.3 Å². The fourth-order valence-electron chi connectivity index (χ4n) is 3.24. The Hall–Kier alpha value is -2.29. The number of nitrogens with one attached hydrogen (secondary N) is 1. The number of hydrogen-bond donors (Lipinski definition) is 1. The molecule has 0 aliphatic carbocycles. The lowest BCUT2D eigenvalue weighted by molar-refractivity contribution is 0.102. The van der Waals surface area contributed by atoms with Crippen LogP contribution in [0.1, 0.15) is 46.5 Å². The summed E-state index contributed by atoms with van der Waals surface area (Å²) in [7, 11) is 0. The molecule has 0 fully saturated rings. The van der Waals surface area contributed by atoms with Crippen LogP contribution in [-0.4, -0.2) is 11.5 Å². The van der Waals surface area contributed by atoms with Crippen LogP contribution in [0, 0.1) is 20.8 Å². The summed E-state index contributed by atoms with van der Waals surface area (Å²) in [5, 5.41) is 3.10.